The van der Waals surface area contributed by atoms with E-state index in [-0.39, 0.29) is 31.1 Å². The molecule has 6 heteroatoms. The minimum absolute atomic E-state index is 0.0872. The summed E-state index contributed by atoms with van der Waals surface area (Å²) in [4.78, 5) is 38.0. The van der Waals surface area contributed by atoms with Crippen LogP contribution in [0.5, 0.6) is 0 Å². The Labute approximate surface area is 390 Å². The van der Waals surface area contributed by atoms with Gasteiger partial charge in [-0.3, -0.25) is 14.4 Å². The first kappa shape index (κ1) is 60.1. The van der Waals surface area contributed by atoms with Crippen LogP contribution in [0.4, 0.5) is 0 Å². The maximum Gasteiger partial charge on any atom is 0.306 e. The highest BCUT2D eigenvalue weighted by Crippen LogP contribution is 2.15. The molecule has 0 aromatic carbocycles. The van der Waals surface area contributed by atoms with Gasteiger partial charge in [0.05, 0.1) is 0 Å². The van der Waals surface area contributed by atoms with E-state index in [1.807, 2.05) is 0 Å². The third kappa shape index (κ3) is 50.0. The number of hydrogen-bond acceptors (Lipinski definition) is 6. The molecule has 0 heterocycles. The first-order chi connectivity index (χ1) is 31.0. The number of rotatable bonds is 48. The summed E-state index contributed by atoms with van der Waals surface area (Å²) >= 11 is 0. The summed E-state index contributed by atoms with van der Waals surface area (Å²) in [6.07, 6.45) is 63.5. The third-order valence-electron chi connectivity index (χ3n) is 11.6. The van der Waals surface area contributed by atoms with Crippen molar-refractivity contribution < 1.29 is 28.6 Å². The summed E-state index contributed by atoms with van der Waals surface area (Å²) < 4.78 is 16.8. The van der Waals surface area contributed by atoms with E-state index in [0.717, 1.165) is 103 Å². The smallest absolute Gasteiger partial charge is 0.306 e. The molecule has 1 atom stereocenters. The Morgan fingerprint density at radius 3 is 0.968 bits per heavy atom. The van der Waals surface area contributed by atoms with E-state index in [4.69, 9.17) is 14.2 Å². The van der Waals surface area contributed by atoms with Crippen molar-refractivity contribution in [3.8, 4) is 0 Å². The quantitative estimate of drug-likeness (QED) is 0.0262. The van der Waals surface area contributed by atoms with Crippen LogP contribution in [0, 0.1) is 0 Å². The van der Waals surface area contributed by atoms with E-state index in [1.54, 1.807) is 0 Å². The van der Waals surface area contributed by atoms with E-state index in [1.165, 1.54) is 122 Å². The van der Waals surface area contributed by atoms with E-state index in [9.17, 15) is 14.4 Å². The number of carbonyl (C=O) groups is 3. The van der Waals surface area contributed by atoms with Crippen LogP contribution in [0.3, 0.4) is 0 Å². The molecule has 0 rings (SSSR count). The van der Waals surface area contributed by atoms with Crippen molar-refractivity contribution in [1.29, 1.82) is 0 Å². The highest BCUT2D eigenvalue weighted by Gasteiger charge is 2.19. The first-order valence-electron chi connectivity index (χ1n) is 26.8. The fourth-order valence-corrected chi connectivity index (χ4v) is 7.55. The molecule has 0 N–H and O–H groups in total. The Balaban J connectivity index is 4.40. The van der Waals surface area contributed by atoms with Gasteiger partial charge in [-0.1, -0.05) is 242 Å². The maximum absolute atomic E-state index is 12.8. The lowest BCUT2D eigenvalue weighted by Gasteiger charge is -2.18. The summed E-state index contributed by atoms with van der Waals surface area (Å²) in [6.45, 7) is 6.49. The lowest BCUT2D eigenvalue weighted by molar-refractivity contribution is -0.167. The summed E-state index contributed by atoms with van der Waals surface area (Å²) in [6, 6.07) is 0. The van der Waals surface area contributed by atoms with Gasteiger partial charge in [0.2, 0.25) is 0 Å². The van der Waals surface area contributed by atoms with Gasteiger partial charge in [-0.2, -0.15) is 0 Å². The van der Waals surface area contributed by atoms with Gasteiger partial charge in [0, 0.05) is 19.3 Å². The summed E-state index contributed by atoms with van der Waals surface area (Å²) in [5, 5.41) is 0. The van der Waals surface area contributed by atoms with E-state index < -0.39 is 6.10 Å². The van der Waals surface area contributed by atoms with Crippen LogP contribution in [-0.4, -0.2) is 37.2 Å². The molecule has 0 aliphatic carbocycles. The van der Waals surface area contributed by atoms with Gasteiger partial charge < -0.3 is 14.2 Å². The van der Waals surface area contributed by atoms with Crippen LogP contribution >= 0.6 is 0 Å². The number of allylic oxidation sites excluding steroid dienone is 10. The third-order valence-corrected chi connectivity index (χ3v) is 11.6. The number of hydrogen-bond donors (Lipinski definition) is 0. The molecule has 0 bridgehead atoms. The van der Waals surface area contributed by atoms with Crippen LogP contribution < -0.4 is 0 Å². The predicted molar refractivity (Wildman–Crippen MR) is 270 cm³/mol. The SMILES string of the molecule is CC\C=C/C=C\C=C/CCCCCCCC(=O)OCC(COC(=O)CCCCCCC/C=C\C=C/CCCCCCCCC)OC(=O)CCCCCCCCCCCCCCCC. The molecule has 0 radical (unpaired) electrons. The van der Waals surface area contributed by atoms with Gasteiger partial charge in [0.15, 0.2) is 6.10 Å². The number of ether oxygens (including phenoxy) is 3. The number of esters is 3. The Hall–Kier alpha value is -2.89. The van der Waals surface area contributed by atoms with Gasteiger partial charge in [-0.15, -0.1) is 0 Å². The van der Waals surface area contributed by atoms with E-state index >= 15 is 0 Å². The van der Waals surface area contributed by atoms with Gasteiger partial charge in [-0.25, -0.2) is 0 Å². The molecule has 0 saturated heterocycles. The van der Waals surface area contributed by atoms with Gasteiger partial charge in [0.25, 0.3) is 0 Å². The summed E-state index contributed by atoms with van der Waals surface area (Å²) in [7, 11) is 0. The standard InChI is InChI=1S/C57H100O6/c1-4-7-10-13-16-19-22-25-27-28-29-30-33-35-38-41-44-47-50-56(59)62-53-54(52-61-55(58)49-46-43-40-37-34-31-24-21-18-15-12-9-6-3)63-57(60)51-48-45-42-39-36-32-26-23-20-17-14-11-8-5-2/h9,12,15,18,21,24,27-30,54H,4-8,10-11,13-14,16-17,19-20,22-23,25-26,31-53H2,1-3H3/b12-9-,18-15-,24-21-,28-27-,30-29-. The second-order valence-corrected chi connectivity index (χ2v) is 17.9. The molecular formula is C57H100O6. The lowest BCUT2D eigenvalue weighted by atomic mass is 10.0. The molecule has 0 aromatic rings. The highest BCUT2D eigenvalue weighted by atomic mass is 16.6. The first-order valence-corrected chi connectivity index (χ1v) is 26.8. The average Bonchev–Trinajstić information content (AvgIpc) is 3.28. The van der Waals surface area contributed by atoms with Crippen LogP contribution in [0.25, 0.3) is 0 Å². The minimum Gasteiger partial charge on any atom is -0.462 e. The lowest BCUT2D eigenvalue weighted by Crippen LogP contribution is -2.30. The van der Waals surface area contributed by atoms with Crippen molar-refractivity contribution in [2.45, 2.75) is 271 Å². The fraction of sp³-hybridized carbons (Fsp3) is 0.772. The molecule has 6 nitrogen and oxygen atoms in total. The van der Waals surface area contributed by atoms with Crippen molar-refractivity contribution in [2.24, 2.45) is 0 Å². The second-order valence-electron chi connectivity index (χ2n) is 17.9. The minimum atomic E-state index is -0.786. The summed E-state index contributed by atoms with van der Waals surface area (Å²) in [5.74, 6) is -0.914. The molecule has 364 valence electrons. The molecule has 63 heavy (non-hydrogen) atoms. The van der Waals surface area contributed by atoms with Crippen LogP contribution in [-0.2, 0) is 28.6 Å². The Bertz CT molecular complexity index is 1150. The number of unbranched alkanes of at least 4 members (excludes halogenated alkanes) is 30. The van der Waals surface area contributed by atoms with Crippen molar-refractivity contribution in [3.05, 3.63) is 60.8 Å². The topological polar surface area (TPSA) is 78.9 Å². The van der Waals surface area contributed by atoms with Crippen LogP contribution in [0.2, 0.25) is 0 Å². The molecule has 0 saturated carbocycles. The van der Waals surface area contributed by atoms with Crippen molar-refractivity contribution in [1.82, 2.24) is 0 Å². The fourth-order valence-electron chi connectivity index (χ4n) is 7.55. The van der Waals surface area contributed by atoms with Crippen molar-refractivity contribution >= 4 is 17.9 Å². The molecule has 0 fully saturated rings. The molecule has 0 spiro atoms. The Morgan fingerprint density at radius 1 is 0.333 bits per heavy atom. The molecule has 0 aliphatic rings. The van der Waals surface area contributed by atoms with Gasteiger partial charge in [0.1, 0.15) is 13.2 Å². The zero-order valence-corrected chi connectivity index (χ0v) is 41.6. The van der Waals surface area contributed by atoms with Gasteiger partial charge >= 0.3 is 17.9 Å². The normalized spacial score (nSPS) is 12.5. The maximum atomic E-state index is 12.8. The number of carbonyl (C=O) groups excluding carboxylic acids is 3. The van der Waals surface area contributed by atoms with Crippen LogP contribution in [0.1, 0.15) is 265 Å². The molecule has 0 amide bonds. The average molecular weight is 881 g/mol. The highest BCUT2D eigenvalue weighted by molar-refractivity contribution is 5.71. The van der Waals surface area contributed by atoms with E-state index in [2.05, 4.69) is 81.5 Å². The molecule has 0 aromatic heterocycles. The predicted octanol–water partition coefficient (Wildman–Crippen LogP) is 17.6. The zero-order chi connectivity index (χ0) is 45.8. The largest absolute Gasteiger partial charge is 0.462 e. The Morgan fingerprint density at radius 2 is 0.619 bits per heavy atom. The molecule has 0 aliphatic heterocycles. The zero-order valence-electron chi connectivity index (χ0n) is 41.6. The Kier molecular flexibility index (Phi) is 49.4. The van der Waals surface area contributed by atoms with Crippen molar-refractivity contribution in [3.63, 3.8) is 0 Å². The molecule has 1 unspecified atom stereocenters. The monoisotopic (exact) mass is 881 g/mol. The van der Waals surface area contributed by atoms with Crippen molar-refractivity contribution in [2.75, 3.05) is 13.2 Å². The second kappa shape index (κ2) is 51.7. The summed E-state index contributed by atoms with van der Waals surface area (Å²) in [5.41, 5.74) is 0. The van der Waals surface area contributed by atoms with Crippen LogP contribution in [0.15, 0.2) is 60.8 Å². The van der Waals surface area contributed by atoms with Gasteiger partial charge in [-0.05, 0) is 64.2 Å². The van der Waals surface area contributed by atoms with E-state index in [0.29, 0.717) is 19.3 Å². The molecular weight excluding hydrogens is 781 g/mol.